The molecular formula is C14H20N2O3S. The van der Waals surface area contributed by atoms with Crippen LogP contribution < -0.4 is 10.6 Å². The molecule has 6 heteroatoms. The van der Waals surface area contributed by atoms with Crippen molar-refractivity contribution in [3.8, 4) is 0 Å². The third kappa shape index (κ3) is 6.58. The molecule has 3 amide bonds. The number of ether oxygens (including phenoxy) is 1. The highest BCUT2D eigenvalue weighted by atomic mass is 32.2. The van der Waals surface area contributed by atoms with Crippen LogP contribution in [0.15, 0.2) is 29.2 Å². The summed E-state index contributed by atoms with van der Waals surface area (Å²) in [5.41, 5.74) is 1.17. The SMILES string of the molecule is COCC(C)NC(=O)NC(=O)CSc1ccc(C)cc1. The first-order chi connectivity index (χ1) is 9.51. The van der Waals surface area contributed by atoms with Gasteiger partial charge in [-0.15, -0.1) is 11.8 Å². The van der Waals surface area contributed by atoms with Crippen LogP contribution in [0.5, 0.6) is 0 Å². The molecule has 0 aliphatic heterocycles. The molecule has 0 saturated heterocycles. The number of rotatable bonds is 6. The van der Waals surface area contributed by atoms with Crippen molar-refractivity contribution in [2.75, 3.05) is 19.5 Å². The number of hydrogen-bond acceptors (Lipinski definition) is 4. The van der Waals surface area contributed by atoms with Gasteiger partial charge in [-0.1, -0.05) is 17.7 Å². The summed E-state index contributed by atoms with van der Waals surface area (Å²) in [4.78, 5) is 24.1. The fraction of sp³-hybridized carbons (Fsp3) is 0.429. The molecular weight excluding hydrogens is 276 g/mol. The van der Waals surface area contributed by atoms with Crippen molar-refractivity contribution in [2.45, 2.75) is 24.8 Å². The van der Waals surface area contributed by atoms with Crippen molar-refractivity contribution in [1.82, 2.24) is 10.6 Å². The van der Waals surface area contributed by atoms with E-state index in [4.69, 9.17) is 4.74 Å². The number of amides is 3. The average molecular weight is 296 g/mol. The van der Waals surface area contributed by atoms with Crippen molar-refractivity contribution >= 4 is 23.7 Å². The predicted molar refractivity (Wildman–Crippen MR) is 79.9 cm³/mol. The number of carbonyl (C=O) groups excluding carboxylic acids is 2. The molecule has 1 unspecified atom stereocenters. The van der Waals surface area contributed by atoms with Gasteiger partial charge in [0.2, 0.25) is 5.91 Å². The topological polar surface area (TPSA) is 67.4 Å². The Morgan fingerprint density at radius 1 is 1.30 bits per heavy atom. The van der Waals surface area contributed by atoms with Crippen LogP contribution >= 0.6 is 11.8 Å². The highest BCUT2D eigenvalue weighted by molar-refractivity contribution is 8.00. The van der Waals surface area contributed by atoms with Gasteiger partial charge >= 0.3 is 6.03 Å². The van der Waals surface area contributed by atoms with E-state index in [9.17, 15) is 9.59 Å². The standard InChI is InChI=1S/C14H20N2O3S/c1-10-4-6-12(7-5-10)20-9-13(17)16-14(18)15-11(2)8-19-3/h4-7,11H,8-9H2,1-3H3,(H2,15,16,17,18). The fourth-order valence-electron chi connectivity index (χ4n) is 1.50. The second kappa shape index (κ2) is 8.60. The lowest BCUT2D eigenvalue weighted by Crippen LogP contribution is -2.45. The molecule has 0 heterocycles. The number of benzene rings is 1. The summed E-state index contributed by atoms with van der Waals surface area (Å²) in [6.45, 7) is 4.21. The Labute approximate surface area is 123 Å². The van der Waals surface area contributed by atoms with Gasteiger partial charge in [0.15, 0.2) is 0 Å². The first-order valence-corrected chi connectivity index (χ1v) is 7.28. The Morgan fingerprint density at radius 3 is 2.55 bits per heavy atom. The molecule has 0 spiro atoms. The molecule has 20 heavy (non-hydrogen) atoms. The molecule has 110 valence electrons. The van der Waals surface area contributed by atoms with Crippen LogP contribution in [0.3, 0.4) is 0 Å². The zero-order valence-corrected chi connectivity index (χ0v) is 12.8. The number of urea groups is 1. The van der Waals surface area contributed by atoms with E-state index >= 15 is 0 Å². The minimum atomic E-state index is -0.496. The van der Waals surface area contributed by atoms with E-state index < -0.39 is 6.03 Å². The summed E-state index contributed by atoms with van der Waals surface area (Å²) >= 11 is 1.39. The molecule has 0 radical (unpaired) electrons. The van der Waals surface area contributed by atoms with Gasteiger partial charge < -0.3 is 10.1 Å². The largest absolute Gasteiger partial charge is 0.383 e. The van der Waals surface area contributed by atoms with E-state index in [-0.39, 0.29) is 17.7 Å². The van der Waals surface area contributed by atoms with Crippen LogP contribution in [0, 0.1) is 6.92 Å². The Bertz CT molecular complexity index is 448. The van der Waals surface area contributed by atoms with E-state index in [1.807, 2.05) is 31.2 Å². The second-order valence-electron chi connectivity index (χ2n) is 4.48. The molecule has 2 N–H and O–H groups in total. The molecule has 1 aromatic carbocycles. The molecule has 1 rings (SSSR count). The first kappa shape index (κ1) is 16.5. The molecule has 0 aliphatic carbocycles. The summed E-state index contributed by atoms with van der Waals surface area (Å²) in [7, 11) is 1.56. The van der Waals surface area contributed by atoms with Gasteiger partial charge in [0, 0.05) is 12.0 Å². The first-order valence-electron chi connectivity index (χ1n) is 6.30. The van der Waals surface area contributed by atoms with Crippen LogP contribution in [0.1, 0.15) is 12.5 Å². The Balaban J connectivity index is 2.29. The van der Waals surface area contributed by atoms with Crippen LogP contribution in [-0.2, 0) is 9.53 Å². The lowest BCUT2D eigenvalue weighted by Gasteiger charge is -2.12. The quantitative estimate of drug-likeness (QED) is 0.787. The molecule has 1 aromatic rings. The predicted octanol–water partition coefficient (Wildman–Crippen LogP) is 1.95. The van der Waals surface area contributed by atoms with Gasteiger partial charge in [-0.05, 0) is 26.0 Å². The van der Waals surface area contributed by atoms with Crippen molar-refractivity contribution in [1.29, 1.82) is 0 Å². The Morgan fingerprint density at radius 2 is 1.95 bits per heavy atom. The molecule has 0 bridgehead atoms. The van der Waals surface area contributed by atoms with Crippen LogP contribution in [0.25, 0.3) is 0 Å². The molecule has 0 aromatic heterocycles. The average Bonchev–Trinajstić information content (AvgIpc) is 2.38. The van der Waals surface area contributed by atoms with E-state index in [0.717, 1.165) is 4.90 Å². The van der Waals surface area contributed by atoms with Gasteiger partial charge in [-0.3, -0.25) is 10.1 Å². The number of imide groups is 1. The maximum atomic E-state index is 11.6. The molecule has 0 aliphatic rings. The third-order valence-electron chi connectivity index (χ3n) is 2.44. The highest BCUT2D eigenvalue weighted by Crippen LogP contribution is 2.17. The van der Waals surface area contributed by atoms with Crippen molar-refractivity contribution in [3.05, 3.63) is 29.8 Å². The molecule has 5 nitrogen and oxygen atoms in total. The number of hydrogen-bond donors (Lipinski definition) is 2. The molecule has 0 fully saturated rings. The van der Waals surface area contributed by atoms with E-state index in [2.05, 4.69) is 10.6 Å². The minimum Gasteiger partial charge on any atom is -0.383 e. The van der Waals surface area contributed by atoms with Gasteiger partial charge in [-0.25, -0.2) is 4.79 Å². The van der Waals surface area contributed by atoms with Crippen LogP contribution in [0.4, 0.5) is 4.79 Å². The van der Waals surface area contributed by atoms with E-state index in [1.54, 1.807) is 14.0 Å². The van der Waals surface area contributed by atoms with Crippen LogP contribution in [-0.4, -0.2) is 37.4 Å². The number of nitrogens with one attached hydrogen (secondary N) is 2. The van der Waals surface area contributed by atoms with Gasteiger partial charge in [-0.2, -0.15) is 0 Å². The minimum absolute atomic E-state index is 0.141. The highest BCUT2D eigenvalue weighted by Gasteiger charge is 2.10. The van der Waals surface area contributed by atoms with E-state index in [1.165, 1.54) is 17.3 Å². The lowest BCUT2D eigenvalue weighted by atomic mass is 10.2. The maximum Gasteiger partial charge on any atom is 0.321 e. The maximum absolute atomic E-state index is 11.6. The summed E-state index contributed by atoms with van der Waals surface area (Å²) in [5, 5.41) is 4.90. The number of thioether (sulfide) groups is 1. The number of carbonyl (C=O) groups is 2. The molecule has 1 atom stereocenters. The van der Waals surface area contributed by atoms with Gasteiger partial charge in [0.1, 0.15) is 0 Å². The normalized spacial score (nSPS) is 11.8. The van der Waals surface area contributed by atoms with Crippen molar-refractivity contribution < 1.29 is 14.3 Å². The summed E-state index contributed by atoms with van der Waals surface area (Å²) in [6.07, 6.45) is 0. The Kier molecular flexibility index (Phi) is 7.11. The third-order valence-corrected chi connectivity index (χ3v) is 3.45. The Hall–Kier alpha value is -1.53. The lowest BCUT2D eigenvalue weighted by molar-refractivity contribution is -0.117. The number of aryl methyl sites for hydroxylation is 1. The fourth-order valence-corrected chi connectivity index (χ4v) is 2.20. The summed E-state index contributed by atoms with van der Waals surface area (Å²) in [5.74, 6) is -0.118. The van der Waals surface area contributed by atoms with Crippen molar-refractivity contribution in [3.63, 3.8) is 0 Å². The summed E-state index contributed by atoms with van der Waals surface area (Å²) < 4.78 is 4.89. The van der Waals surface area contributed by atoms with E-state index in [0.29, 0.717) is 6.61 Å². The summed E-state index contributed by atoms with van der Waals surface area (Å²) in [6, 6.07) is 7.24. The second-order valence-corrected chi connectivity index (χ2v) is 5.53. The smallest absolute Gasteiger partial charge is 0.321 e. The molecule has 0 saturated carbocycles. The zero-order chi connectivity index (χ0) is 15.0. The monoisotopic (exact) mass is 296 g/mol. The van der Waals surface area contributed by atoms with Crippen molar-refractivity contribution in [2.24, 2.45) is 0 Å². The number of methoxy groups -OCH3 is 1. The zero-order valence-electron chi connectivity index (χ0n) is 11.9. The van der Waals surface area contributed by atoms with Crippen LogP contribution in [0.2, 0.25) is 0 Å². The van der Waals surface area contributed by atoms with Gasteiger partial charge in [0.25, 0.3) is 0 Å². The van der Waals surface area contributed by atoms with Gasteiger partial charge in [0.05, 0.1) is 18.4 Å².